The summed E-state index contributed by atoms with van der Waals surface area (Å²) in [7, 11) is -2.83. The molecular formula is C7H10NO4P. The molecule has 1 aromatic carbocycles. The third kappa shape index (κ3) is 3.06. The Morgan fingerprint density at radius 2 is 2.00 bits per heavy atom. The van der Waals surface area contributed by atoms with Gasteiger partial charge in [0.05, 0.1) is 5.69 Å². The minimum absolute atomic E-state index is 0.137. The number of benzene rings is 1. The zero-order valence-corrected chi connectivity index (χ0v) is 7.86. The van der Waals surface area contributed by atoms with Gasteiger partial charge in [0.25, 0.3) is 0 Å². The first-order valence-corrected chi connectivity index (χ1v) is 5.08. The second-order valence-corrected chi connectivity index (χ2v) is 3.49. The normalized spacial score (nSPS) is 11.0. The molecule has 3 N–H and O–H groups in total. The molecule has 1 aromatic rings. The average Bonchev–Trinajstić information content (AvgIpc) is 2.02. The van der Waals surface area contributed by atoms with Crippen LogP contribution in [0.5, 0.6) is 5.75 Å². The molecular weight excluding hydrogens is 193 g/mol. The predicted molar refractivity (Wildman–Crippen MR) is 48.7 cm³/mol. The number of phosphoric ester groups is 1. The topological polar surface area (TPSA) is 78.8 Å². The highest BCUT2D eigenvalue weighted by Gasteiger charge is 2.17. The molecule has 5 nitrogen and oxygen atoms in total. The molecule has 72 valence electrons. The van der Waals surface area contributed by atoms with E-state index in [-0.39, 0.29) is 5.75 Å². The van der Waals surface area contributed by atoms with Crippen LogP contribution in [0.25, 0.3) is 0 Å². The fourth-order valence-corrected chi connectivity index (χ4v) is 1.30. The Morgan fingerprint density at radius 3 is 2.54 bits per heavy atom. The lowest BCUT2D eigenvalue weighted by molar-refractivity contribution is 0.283. The molecule has 0 bridgehead atoms. The van der Waals surface area contributed by atoms with Gasteiger partial charge in [0.1, 0.15) is 0 Å². The van der Waals surface area contributed by atoms with Crippen LogP contribution in [0.15, 0.2) is 24.3 Å². The van der Waals surface area contributed by atoms with E-state index in [1.807, 2.05) is 0 Å². The molecule has 0 saturated heterocycles. The highest BCUT2D eigenvalue weighted by atomic mass is 31.2. The minimum Gasteiger partial charge on any atom is -0.402 e. The third-order valence-electron chi connectivity index (χ3n) is 1.37. The van der Waals surface area contributed by atoms with Gasteiger partial charge in [-0.15, -0.1) is 0 Å². The first kappa shape index (κ1) is 10.1. The van der Waals surface area contributed by atoms with Crippen LogP contribution >= 0.6 is 7.82 Å². The second kappa shape index (κ2) is 3.79. The van der Waals surface area contributed by atoms with Crippen molar-refractivity contribution in [1.29, 1.82) is 0 Å². The molecule has 0 unspecified atom stereocenters. The quantitative estimate of drug-likeness (QED) is 0.643. The maximum Gasteiger partial charge on any atom is 0.524 e. The maximum absolute atomic E-state index is 10.5. The monoisotopic (exact) mass is 203 g/mol. The van der Waals surface area contributed by atoms with Crippen LogP contribution in [0, 0.1) is 0 Å². The van der Waals surface area contributed by atoms with Crippen LogP contribution in [0.1, 0.15) is 0 Å². The summed E-state index contributed by atoms with van der Waals surface area (Å²) in [6, 6.07) is 6.50. The molecule has 0 radical (unpaired) electrons. The van der Waals surface area contributed by atoms with Gasteiger partial charge in [0, 0.05) is 7.05 Å². The Labute approximate surface area is 75.6 Å². The van der Waals surface area contributed by atoms with Crippen molar-refractivity contribution in [2.75, 3.05) is 12.4 Å². The summed E-state index contributed by atoms with van der Waals surface area (Å²) in [6.07, 6.45) is 0. The summed E-state index contributed by atoms with van der Waals surface area (Å²) in [5.74, 6) is 0.137. The zero-order valence-electron chi connectivity index (χ0n) is 6.97. The van der Waals surface area contributed by atoms with Gasteiger partial charge >= 0.3 is 7.82 Å². The molecule has 0 aromatic heterocycles. The van der Waals surface area contributed by atoms with Gasteiger partial charge < -0.3 is 9.84 Å². The number of hydrogen-bond donors (Lipinski definition) is 3. The number of hydrogen-bond acceptors (Lipinski definition) is 3. The van der Waals surface area contributed by atoms with Crippen molar-refractivity contribution >= 4 is 13.5 Å². The number of para-hydroxylation sites is 2. The fourth-order valence-electron chi connectivity index (χ4n) is 0.881. The summed E-state index contributed by atoms with van der Waals surface area (Å²) >= 11 is 0. The second-order valence-electron chi connectivity index (χ2n) is 2.33. The number of nitrogens with one attached hydrogen (secondary N) is 1. The SMILES string of the molecule is CNc1ccccc1OP(=O)(O)O. The molecule has 0 aliphatic carbocycles. The molecule has 1 rings (SSSR count). The van der Waals surface area contributed by atoms with E-state index >= 15 is 0 Å². The van der Waals surface area contributed by atoms with Crippen molar-refractivity contribution in [2.45, 2.75) is 0 Å². The van der Waals surface area contributed by atoms with Crippen molar-refractivity contribution in [2.24, 2.45) is 0 Å². The van der Waals surface area contributed by atoms with Crippen molar-refractivity contribution in [3.63, 3.8) is 0 Å². The first-order valence-electron chi connectivity index (χ1n) is 3.55. The van der Waals surface area contributed by atoms with Crippen molar-refractivity contribution in [3.05, 3.63) is 24.3 Å². The van der Waals surface area contributed by atoms with E-state index in [1.54, 1.807) is 25.2 Å². The van der Waals surface area contributed by atoms with E-state index in [1.165, 1.54) is 6.07 Å². The van der Waals surface area contributed by atoms with Crippen molar-refractivity contribution in [3.8, 4) is 5.75 Å². The van der Waals surface area contributed by atoms with Gasteiger partial charge in [-0.25, -0.2) is 4.57 Å². The van der Waals surface area contributed by atoms with Crippen molar-refractivity contribution < 1.29 is 18.9 Å². The summed E-state index contributed by atoms with van der Waals surface area (Å²) in [4.78, 5) is 17.1. The van der Waals surface area contributed by atoms with Crippen LogP contribution in [-0.2, 0) is 4.57 Å². The highest BCUT2D eigenvalue weighted by Crippen LogP contribution is 2.40. The Hall–Kier alpha value is -1.03. The van der Waals surface area contributed by atoms with Crippen LogP contribution in [-0.4, -0.2) is 16.8 Å². The van der Waals surface area contributed by atoms with E-state index in [0.717, 1.165) is 0 Å². The summed E-state index contributed by atoms with van der Waals surface area (Å²) in [5, 5.41) is 2.75. The number of anilines is 1. The summed E-state index contributed by atoms with van der Waals surface area (Å²) in [6.45, 7) is 0. The Kier molecular flexibility index (Phi) is 2.93. The first-order chi connectivity index (χ1) is 6.03. The number of rotatable bonds is 3. The van der Waals surface area contributed by atoms with Gasteiger partial charge in [-0.3, -0.25) is 9.79 Å². The molecule has 0 spiro atoms. The van der Waals surface area contributed by atoms with Crippen LogP contribution < -0.4 is 9.84 Å². The van der Waals surface area contributed by atoms with E-state index in [2.05, 4.69) is 9.84 Å². The predicted octanol–water partition coefficient (Wildman–Crippen LogP) is 1.20. The Balaban J connectivity index is 2.94. The van der Waals surface area contributed by atoms with Gasteiger partial charge in [-0.05, 0) is 12.1 Å². The molecule has 0 heterocycles. The van der Waals surface area contributed by atoms with Crippen LogP contribution in [0.3, 0.4) is 0 Å². The molecule has 0 amide bonds. The van der Waals surface area contributed by atoms with Crippen LogP contribution in [0.4, 0.5) is 5.69 Å². The molecule has 6 heteroatoms. The summed E-state index contributed by atoms with van der Waals surface area (Å²) in [5.41, 5.74) is 0.533. The molecule has 0 aliphatic heterocycles. The summed E-state index contributed by atoms with van der Waals surface area (Å²) < 4.78 is 14.9. The largest absolute Gasteiger partial charge is 0.524 e. The Morgan fingerprint density at radius 1 is 1.38 bits per heavy atom. The van der Waals surface area contributed by atoms with Gasteiger partial charge in [0.2, 0.25) is 0 Å². The van der Waals surface area contributed by atoms with E-state index in [4.69, 9.17) is 9.79 Å². The van der Waals surface area contributed by atoms with Crippen molar-refractivity contribution in [1.82, 2.24) is 0 Å². The average molecular weight is 203 g/mol. The molecule has 0 fully saturated rings. The highest BCUT2D eigenvalue weighted by molar-refractivity contribution is 7.46. The van der Waals surface area contributed by atoms with E-state index in [9.17, 15) is 4.57 Å². The number of phosphoric acid groups is 1. The Bertz CT molecular complexity index is 335. The maximum atomic E-state index is 10.5. The molecule has 0 atom stereocenters. The van der Waals surface area contributed by atoms with Crippen LogP contribution in [0.2, 0.25) is 0 Å². The minimum atomic E-state index is -4.47. The molecule has 0 aliphatic rings. The zero-order chi connectivity index (χ0) is 9.90. The molecule has 0 saturated carbocycles. The lowest BCUT2D eigenvalue weighted by atomic mass is 10.3. The smallest absolute Gasteiger partial charge is 0.402 e. The third-order valence-corrected chi connectivity index (χ3v) is 1.81. The van der Waals surface area contributed by atoms with Gasteiger partial charge in [0.15, 0.2) is 5.75 Å². The lowest BCUT2D eigenvalue weighted by Gasteiger charge is -2.10. The lowest BCUT2D eigenvalue weighted by Crippen LogP contribution is -1.95. The standard InChI is InChI=1S/C7H10NO4P/c1-8-6-4-2-3-5-7(6)12-13(9,10)11/h2-5,8H,1H3,(H2,9,10,11). The van der Waals surface area contributed by atoms with Gasteiger partial charge in [-0.2, -0.15) is 0 Å². The van der Waals surface area contributed by atoms with E-state index < -0.39 is 7.82 Å². The molecule has 13 heavy (non-hydrogen) atoms. The van der Waals surface area contributed by atoms with Gasteiger partial charge in [-0.1, -0.05) is 12.1 Å². The fraction of sp³-hybridized carbons (Fsp3) is 0.143. The van der Waals surface area contributed by atoms with E-state index in [0.29, 0.717) is 5.69 Å².